The van der Waals surface area contributed by atoms with Crippen LogP contribution in [0.4, 0.5) is 0 Å². The van der Waals surface area contributed by atoms with Crippen LogP contribution in [0.15, 0.2) is 12.1 Å². The van der Waals surface area contributed by atoms with Crippen molar-refractivity contribution < 1.29 is 14.3 Å². The molecule has 1 aromatic rings. The van der Waals surface area contributed by atoms with Gasteiger partial charge in [-0.05, 0) is 43.5 Å². The zero-order chi connectivity index (χ0) is 17.2. The summed E-state index contributed by atoms with van der Waals surface area (Å²) in [5.74, 6) is 1.30. The van der Waals surface area contributed by atoms with Crippen molar-refractivity contribution in [2.24, 2.45) is 0 Å². The smallest absolute Gasteiger partial charge is 0.224 e. The molecule has 2 saturated heterocycles. The van der Waals surface area contributed by atoms with E-state index in [4.69, 9.17) is 21.1 Å². The molecule has 136 valence electrons. The lowest BCUT2D eigenvalue weighted by atomic mass is 9.99. The molecule has 5 nitrogen and oxygen atoms in total. The maximum Gasteiger partial charge on any atom is 0.224 e. The van der Waals surface area contributed by atoms with Gasteiger partial charge in [-0.3, -0.25) is 9.69 Å². The van der Waals surface area contributed by atoms with Gasteiger partial charge in [-0.2, -0.15) is 0 Å². The second-order valence-corrected chi connectivity index (χ2v) is 7.60. The second kappa shape index (κ2) is 7.42. The third-order valence-electron chi connectivity index (χ3n) is 5.43. The molecular formula is C19H25ClN2O3. The highest BCUT2D eigenvalue weighted by atomic mass is 35.5. The Kier molecular flexibility index (Phi) is 5.04. The fourth-order valence-electron chi connectivity index (χ4n) is 4.25. The average molecular weight is 365 g/mol. The van der Waals surface area contributed by atoms with Crippen LogP contribution in [0, 0.1) is 0 Å². The van der Waals surface area contributed by atoms with E-state index in [9.17, 15) is 4.79 Å². The molecule has 4 rings (SSSR count). The van der Waals surface area contributed by atoms with Gasteiger partial charge in [0.2, 0.25) is 5.91 Å². The minimum Gasteiger partial charge on any atom is -0.489 e. The summed E-state index contributed by atoms with van der Waals surface area (Å²) in [5, 5.41) is 3.76. The third-order valence-corrected chi connectivity index (χ3v) is 5.71. The van der Waals surface area contributed by atoms with Crippen LogP contribution >= 0.6 is 11.6 Å². The number of benzene rings is 1. The number of carbonyl (C=O) groups is 1. The van der Waals surface area contributed by atoms with Gasteiger partial charge in [-0.1, -0.05) is 18.0 Å². The molecule has 2 atom stereocenters. The lowest BCUT2D eigenvalue weighted by Crippen LogP contribution is -2.47. The van der Waals surface area contributed by atoms with Crippen LogP contribution in [0.2, 0.25) is 5.02 Å². The number of piperidine rings is 1. The van der Waals surface area contributed by atoms with E-state index in [0.717, 1.165) is 24.9 Å². The molecule has 0 aromatic heterocycles. The molecule has 1 N–H and O–H groups in total. The molecule has 3 aliphatic heterocycles. The Hall–Kier alpha value is -1.46. The fraction of sp³-hybridized carbons (Fsp3) is 0.632. The van der Waals surface area contributed by atoms with Crippen LogP contribution in [-0.4, -0.2) is 49.2 Å². The van der Waals surface area contributed by atoms with Gasteiger partial charge in [0, 0.05) is 25.0 Å². The highest BCUT2D eigenvalue weighted by Crippen LogP contribution is 2.38. The molecule has 1 aromatic carbocycles. The van der Waals surface area contributed by atoms with E-state index in [0.29, 0.717) is 42.2 Å². The van der Waals surface area contributed by atoms with Gasteiger partial charge >= 0.3 is 0 Å². The summed E-state index contributed by atoms with van der Waals surface area (Å²) in [6, 6.07) is 4.50. The summed E-state index contributed by atoms with van der Waals surface area (Å²) in [6.07, 6.45) is 5.96. The lowest BCUT2D eigenvalue weighted by molar-refractivity contribution is -0.121. The molecule has 6 heteroatoms. The van der Waals surface area contributed by atoms with Gasteiger partial charge < -0.3 is 14.8 Å². The number of carbonyl (C=O) groups excluding carboxylic acids is 1. The second-order valence-electron chi connectivity index (χ2n) is 7.19. The molecule has 3 aliphatic rings. The van der Waals surface area contributed by atoms with E-state index in [1.165, 1.54) is 25.8 Å². The molecular weight excluding hydrogens is 340 g/mol. The topological polar surface area (TPSA) is 50.8 Å². The average Bonchev–Trinajstić information content (AvgIpc) is 2.84. The van der Waals surface area contributed by atoms with Crippen LogP contribution in [-0.2, 0) is 11.2 Å². The van der Waals surface area contributed by atoms with Gasteiger partial charge in [-0.25, -0.2) is 0 Å². The molecule has 2 fully saturated rings. The van der Waals surface area contributed by atoms with Crippen LogP contribution in [0.5, 0.6) is 11.5 Å². The van der Waals surface area contributed by atoms with E-state index < -0.39 is 0 Å². The van der Waals surface area contributed by atoms with Crippen molar-refractivity contribution in [2.75, 3.05) is 26.3 Å². The van der Waals surface area contributed by atoms with Gasteiger partial charge in [-0.15, -0.1) is 0 Å². The SMILES string of the molecule is O=C(Cc1cc(Cl)c2c(c1)OCCCO2)NC1CCN2CCCCC12. The Balaban J connectivity index is 1.41. The maximum atomic E-state index is 12.5. The maximum absolute atomic E-state index is 12.5. The van der Waals surface area contributed by atoms with Gasteiger partial charge in [0.15, 0.2) is 11.5 Å². The van der Waals surface area contributed by atoms with Crippen molar-refractivity contribution >= 4 is 17.5 Å². The van der Waals surface area contributed by atoms with Crippen molar-refractivity contribution in [1.82, 2.24) is 10.2 Å². The number of nitrogens with one attached hydrogen (secondary N) is 1. The van der Waals surface area contributed by atoms with E-state index in [-0.39, 0.29) is 11.9 Å². The highest BCUT2D eigenvalue weighted by Gasteiger charge is 2.36. The Morgan fingerprint density at radius 1 is 1.16 bits per heavy atom. The number of hydrogen-bond acceptors (Lipinski definition) is 4. The summed E-state index contributed by atoms with van der Waals surface area (Å²) < 4.78 is 11.4. The third kappa shape index (κ3) is 3.72. The number of amides is 1. The lowest BCUT2D eigenvalue weighted by Gasteiger charge is -2.32. The first-order valence-electron chi connectivity index (χ1n) is 9.32. The van der Waals surface area contributed by atoms with Crippen LogP contribution < -0.4 is 14.8 Å². The summed E-state index contributed by atoms with van der Waals surface area (Å²) in [4.78, 5) is 15.1. The molecule has 0 aliphatic carbocycles. The minimum atomic E-state index is 0.0583. The molecule has 1 amide bonds. The van der Waals surface area contributed by atoms with E-state index in [1.54, 1.807) is 0 Å². The molecule has 0 spiro atoms. The van der Waals surface area contributed by atoms with E-state index in [2.05, 4.69) is 10.2 Å². The molecule has 0 radical (unpaired) electrons. The van der Waals surface area contributed by atoms with Gasteiger partial charge in [0.1, 0.15) is 0 Å². The zero-order valence-corrected chi connectivity index (χ0v) is 15.2. The molecule has 0 bridgehead atoms. The number of hydrogen-bond donors (Lipinski definition) is 1. The first-order chi connectivity index (χ1) is 12.2. The van der Waals surface area contributed by atoms with Gasteiger partial charge in [0.25, 0.3) is 0 Å². The number of halogens is 1. The number of rotatable bonds is 3. The fourth-order valence-corrected chi connectivity index (χ4v) is 4.53. The molecule has 3 heterocycles. The van der Waals surface area contributed by atoms with Crippen molar-refractivity contribution in [3.05, 3.63) is 22.7 Å². The van der Waals surface area contributed by atoms with E-state index in [1.807, 2.05) is 12.1 Å². The molecule has 0 saturated carbocycles. The van der Waals surface area contributed by atoms with Gasteiger partial charge in [0.05, 0.1) is 24.7 Å². The quantitative estimate of drug-likeness (QED) is 0.896. The Labute approximate surface area is 153 Å². The summed E-state index contributed by atoms with van der Waals surface area (Å²) in [6.45, 7) is 3.49. The van der Waals surface area contributed by atoms with Crippen molar-refractivity contribution in [2.45, 2.75) is 50.6 Å². The largest absolute Gasteiger partial charge is 0.489 e. The monoisotopic (exact) mass is 364 g/mol. The van der Waals surface area contributed by atoms with E-state index >= 15 is 0 Å². The van der Waals surface area contributed by atoms with Crippen LogP contribution in [0.1, 0.15) is 37.7 Å². The number of nitrogens with zero attached hydrogens (tertiary/aromatic N) is 1. The minimum absolute atomic E-state index is 0.0583. The summed E-state index contributed by atoms with van der Waals surface area (Å²) >= 11 is 6.32. The zero-order valence-electron chi connectivity index (χ0n) is 14.4. The van der Waals surface area contributed by atoms with Crippen molar-refractivity contribution in [3.8, 4) is 11.5 Å². The first kappa shape index (κ1) is 17.0. The van der Waals surface area contributed by atoms with Crippen LogP contribution in [0.3, 0.4) is 0 Å². The first-order valence-corrected chi connectivity index (χ1v) is 9.70. The summed E-state index contributed by atoms with van der Waals surface area (Å²) in [5.41, 5.74) is 0.866. The van der Waals surface area contributed by atoms with Crippen molar-refractivity contribution in [3.63, 3.8) is 0 Å². The standard InChI is InChI=1S/C19H25ClN2O3/c20-14-10-13(11-17-19(14)25-9-3-8-24-17)12-18(23)21-15-5-7-22-6-2-1-4-16(15)22/h10-11,15-16H,1-9,12H2,(H,21,23). The predicted octanol–water partition coefficient (Wildman–Crippen LogP) is 2.79. The molecule has 25 heavy (non-hydrogen) atoms. The summed E-state index contributed by atoms with van der Waals surface area (Å²) in [7, 11) is 0. The molecule has 2 unspecified atom stereocenters. The van der Waals surface area contributed by atoms with Crippen molar-refractivity contribution in [1.29, 1.82) is 0 Å². The Morgan fingerprint density at radius 3 is 2.96 bits per heavy atom. The Bertz CT molecular complexity index is 652. The highest BCUT2D eigenvalue weighted by molar-refractivity contribution is 6.32. The Morgan fingerprint density at radius 2 is 2.04 bits per heavy atom. The normalized spacial score (nSPS) is 26.0. The number of fused-ring (bicyclic) bond motifs is 2. The number of ether oxygens (including phenoxy) is 2. The van der Waals surface area contributed by atoms with Crippen LogP contribution in [0.25, 0.3) is 0 Å². The predicted molar refractivity (Wildman–Crippen MR) is 96.5 cm³/mol.